The van der Waals surface area contributed by atoms with Crippen LogP contribution in [0, 0.1) is 5.82 Å². The molecular weight excluding hydrogens is 540 g/mol. The molecule has 0 radical (unpaired) electrons. The zero-order chi connectivity index (χ0) is 23.1. The number of morpholine rings is 1. The Bertz CT molecular complexity index is 927. The van der Waals surface area contributed by atoms with Crippen molar-refractivity contribution >= 4 is 29.9 Å². The van der Waals surface area contributed by atoms with E-state index in [0.29, 0.717) is 36.8 Å². The molecule has 1 fully saturated rings. The summed E-state index contributed by atoms with van der Waals surface area (Å²) in [5.74, 6) is 2.43. The van der Waals surface area contributed by atoms with E-state index in [-0.39, 0.29) is 42.0 Å². The second-order valence-electron chi connectivity index (χ2n) is 7.61. The Labute approximate surface area is 212 Å². The average molecular weight is 573 g/mol. The minimum atomic E-state index is -0.252. The topological polar surface area (TPSA) is 64.6 Å². The molecule has 1 N–H and O–H groups in total. The van der Waals surface area contributed by atoms with Crippen LogP contribution in [0.2, 0.25) is 0 Å². The number of rotatable bonds is 7. The molecule has 2 unspecified atom stereocenters. The van der Waals surface area contributed by atoms with Crippen LogP contribution in [-0.4, -0.2) is 65.0 Å². The lowest BCUT2D eigenvalue weighted by atomic mass is 10.1. The number of halogens is 2. The maximum absolute atomic E-state index is 13.3. The molecule has 2 aromatic carbocycles. The van der Waals surface area contributed by atoms with Crippen molar-refractivity contribution in [2.45, 2.75) is 25.6 Å². The molecule has 0 aromatic heterocycles. The van der Waals surface area contributed by atoms with E-state index in [4.69, 9.17) is 18.9 Å². The monoisotopic (exact) mass is 573 g/mol. The smallest absolute Gasteiger partial charge is 0.203 e. The molecule has 1 aliphatic heterocycles. The third kappa shape index (κ3) is 6.63. The lowest BCUT2D eigenvalue weighted by molar-refractivity contribution is -0.0604. The van der Waals surface area contributed by atoms with Crippen molar-refractivity contribution in [1.29, 1.82) is 0 Å². The summed E-state index contributed by atoms with van der Waals surface area (Å²) in [6.07, 6.45) is 0.580. The minimum absolute atomic E-state index is 0. The van der Waals surface area contributed by atoms with E-state index < -0.39 is 0 Å². The molecule has 182 valence electrons. The molecule has 0 aliphatic carbocycles. The van der Waals surface area contributed by atoms with Gasteiger partial charge in [0.1, 0.15) is 11.9 Å². The average Bonchev–Trinajstić information content (AvgIpc) is 2.81. The summed E-state index contributed by atoms with van der Waals surface area (Å²) < 4.78 is 35.8. The molecule has 2 atom stereocenters. The van der Waals surface area contributed by atoms with Crippen LogP contribution in [0.15, 0.2) is 41.4 Å². The number of nitrogens with zero attached hydrogens (tertiary/aromatic N) is 2. The summed E-state index contributed by atoms with van der Waals surface area (Å²) in [5.41, 5.74) is 1.96. The predicted octanol–water partition coefficient (Wildman–Crippen LogP) is 4.05. The molecule has 7 nitrogen and oxygen atoms in total. The molecule has 1 heterocycles. The van der Waals surface area contributed by atoms with E-state index in [0.717, 1.165) is 23.6 Å². The highest BCUT2D eigenvalue weighted by atomic mass is 127. The molecular formula is C24H33FIN3O4. The van der Waals surface area contributed by atoms with Crippen LogP contribution >= 0.6 is 24.0 Å². The van der Waals surface area contributed by atoms with Crippen LogP contribution in [0.25, 0.3) is 0 Å². The number of methoxy groups -OCH3 is 3. The van der Waals surface area contributed by atoms with Gasteiger partial charge in [0.2, 0.25) is 5.75 Å². The maximum atomic E-state index is 13.3. The number of guanidine groups is 1. The first kappa shape index (κ1) is 27.0. The second kappa shape index (κ2) is 12.8. The summed E-state index contributed by atoms with van der Waals surface area (Å²) in [6, 6.07) is 10.3. The van der Waals surface area contributed by atoms with Gasteiger partial charge in [0.05, 0.1) is 34.0 Å². The van der Waals surface area contributed by atoms with Crippen LogP contribution in [0.1, 0.15) is 24.2 Å². The van der Waals surface area contributed by atoms with Gasteiger partial charge in [0.25, 0.3) is 0 Å². The fourth-order valence-corrected chi connectivity index (χ4v) is 3.99. The van der Waals surface area contributed by atoms with Gasteiger partial charge in [-0.3, -0.25) is 4.99 Å². The lowest BCUT2D eigenvalue weighted by Crippen LogP contribution is -2.51. The summed E-state index contributed by atoms with van der Waals surface area (Å²) in [7, 11) is 6.59. The Balaban J connectivity index is 0.00000385. The Morgan fingerprint density at radius 2 is 1.76 bits per heavy atom. The highest BCUT2D eigenvalue weighted by Crippen LogP contribution is 2.39. The van der Waals surface area contributed by atoms with E-state index in [2.05, 4.69) is 15.2 Å². The highest BCUT2D eigenvalue weighted by molar-refractivity contribution is 14.0. The molecule has 1 saturated heterocycles. The number of hydrogen-bond donors (Lipinski definition) is 1. The fourth-order valence-electron chi connectivity index (χ4n) is 3.99. The van der Waals surface area contributed by atoms with Crippen LogP contribution in [0.4, 0.5) is 4.39 Å². The number of benzene rings is 2. The lowest BCUT2D eigenvalue weighted by Gasteiger charge is -2.38. The molecule has 0 amide bonds. The maximum Gasteiger partial charge on any atom is 0.203 e. The third-order valence-corrected chi connectivity index (χ3v) is 5.48. The van der Waals surface area contributed by atoms with Crippen LogP contribution in [-0.2, 0) is 11.2 Å². The van der Waals surface area contributed by atoms with E-state index in [9.17, 15) is 4.39 Å². The number of ether oxygens (including phenoxy) is 4. The summed E-state index contributed by atoms with van der Waals surface area (Å²) >= 11 is 0. The fraction of sp³-hybridized carbons (Fsp3) is 0.458. The normalized spacial score (nSPS) is 18.4. The van der Waals surface area contributed by atoms with Crippen molar-refractivity contribution in [3.63, 3.8) is 0 Å². The number of aliphatic imine (C=N–C) groups is 1. The third-order valence-electron chi connectivity index (χ3n) is 5.48. The Hall–Kier alpha value is -2.27. The first-order valence-electron chi connectivity index (χ1n) is 10.6. The molecule has 0 spiro atoms. The van der Waals surface area contributed by atoms with Crippen molar-refractivity contribution in [2.75, 3.05) is 48.0 Å². The molecule has 33 heavy (non-hydrogen) atoms. The first-order chi connectivity index (χ1) is 15.5. The standard InChI is InChI=1S/C24H32FN3O4.HI/c1-16-14-28(15-21(32-16)17-6-9-19(25)10-7-17)24(26-2)27-13-12-18-8-11-20(29-3)23(31-5)22(18)30-4;/h6-11,16,21H,12-15H2,1-5H3,(H,26,27);1H. The Morgan fingerprint density at radius 3 is 2.36 bits per heavy atom. The molecule has 1 aliphatic rings. The molecule has 2 aromatic rings. The first-order valence-corrected chi connectivity index (χ1v) is 10.6. The van der Waals surface area contributed by atoms with Gasteiger partial charge in [-0.1, -0.05) is 18.2 Å². The van der Waals surface area contributed by atoms with Gasteiger partial charge in [0.15, 0.2) is 17.5 Å². The van der Waals surface area contributed by atoms with Gasteiger partial charge in [-0.25, -0.2) is 4.39 Å². The Kier molecular flexibility index (Phi) is 10.5. The van der Waals surface area contributed by atoms with E-state index in [1.54, 1.807) is 40.5 Å². The van der Waals surface area contributed by atoms with E-state index in [1.807, 2.05) is 19.1 Å². The van der Waals surface area contributed by atoms with Gasteiger partial charge in [-0.2, -0.15) is 0 Å². The van der Waals surface area contributed by atoms with Gasteiger partial charge < -0.3 is 29.2 Å². The van der Waals surface area contributed by atoms with Gasteiger partial charge in [0, 0.05) is 25.7 Å². The van der Waals surface area contributed by atoms with Crippen LogP contribution < -0.4 is 19.5 Å². The SMILES string of the molecule is CN=C(NCCc1ccc(OC)c(OC)c1OC)N1CC(C)OC(c2ccc(F)cc2)C1.I. The molecule has 3 rings (SSSR count). The van der Waals surface area contributed by atoms with E-state index in [1.165, 1.54) is 12.1 Å². The quantitative estimate of drug-likeness (QED) is 0.307. The highest BCUT2D eigenvalue weighted by Gasteiger charge is 2.28. The largest absolute Gasteiger partial charge is 0.493 e. The predicted molar refractivity (Wildman–Crippen MR) is 138 cm³/mol. The summed E-state index contributed by atoms with van der Waals surface area (Å²) in [6.45, 7) is 4.04. The van der Waals surface area contributed by atoms with Gasteiger partial charge in [-0.05, 0) is 37.1 Å². The van der Waals surface area contributed by atoms with Crippen molar-refractivity contribution in [3.8, 4) is 17.2 Å². The summed E-state index contributed by atoms with van der Waals surface area (Å²) in [5, 5.41) is 3.44. The van der Waals surface area contributed by atoms with Crippen molar-refractivity contribution < 1.29 is 23.3 Å². The minimum Gasteiger partial charge on any atom is -0.493 e. The van der Waals surface area contributed by atoms with Crippen molar-refractivity contribution in [2.24, 2.45) is 4.99 Å². The van der Waals surface area contributed by atoms with Crippen molar-refractivity contribution in [3.05, 3.63) is 53.3 Å². The zero-order valence-electron chi connectivity index (χ0n) is 19.8. The van der Waals surface area contributed by atoms with Crippen LogP contribution in [0.5, 0.6) is 17.2 Å². The van der Waals surface area contributed by atoms with Crippen LogP contribution in [0.3, 0.4) is 0 Å². The van der Waals surface area contributed by atoms with E-state index >= 15 is 0 Å². The van der Waals surface area contributed by atoms with Crippen molar-refractivity contribution in [1.82, 2.24) is 10.2 Å². The van der Waals surface area contributed by atoms with Gasteiger partial charge >= 0.3 is 0 Å². The second-order valence-corrected chi connectivity index (χ2v) is 7.61. The zero-order valence-corrected chi connectivity index (χ0v) is 22.1. The Morgan fingerprint density at radius 1 is 1.06 bits per heavy atom. The number of nitrogens with one attached hydrogen (secondary N) is 1. The number of hydrogen-bond acceptors (Lipinski definition) is 5. The summed E-state index contributed by atoms with van der Waals surface area (Å²) in [4.78, 5) is 6.64. The molecule has 0 saturated carbocycles. The molecule has 9 heteroatoms. The molecule has 0 bridgehead atoms. The van der Waals surface area contributed by atoms with Gasteiger partial charge in [-0.15, -0.1) is 24.0 Å².